The zero-order chi connectivity index (χ0) is 11.3. The first kappa shape index (κ1) is 11.0. The van der Waals surface area contributed by atoms with Crippen molar-refractivity contribution in [1.29, 1.82) is 0 Å². The van der Waals surface area contributed by atoms with Crippen molar-refractivity contribution in [3.63, 3.8) is 0 Å². The number of urea groups is 1. The van der Waals surface area contributed by atoms with Gasteiger partial charge >= 0.3 is 6.03 Å². The van der Waals surface area contributed by atoms with Gasteiger partial charge in [0.2, 0.25) is 0 Å². The second kappa shape index (κ2) is 4.94. The van der Waals surface area contributed by atoms with Crippen molar-refractivity contribution in [1.82, 2.24) is 0 Å². The molecule has 6 nitrogen and oxygen atoms in total. The molecule has 0 aliphatic rings. The van der Waals surface area contributed by atoms with E-state index >= 15 is 0 Å². The second-order valence-corrected chi connectivity index (χ2v) is 2.66. The summed E-state index contributed by atoms with van der Waals surface area (Å²) in [4.78, 5) is 21.1. The Hall–Kier alpha value is -2.11. The average molecular weight is 209 g/mol. The molecule has 0 bridgehead atoms. The minimum Gasteiger partial charge on any atom is -0.494 e. The van der Waals surface area contributed by atoms with Crippen LogP contribution < -0.4 is 15.5 Å². The van der Waals surface area contributed by atoms with Gasteiger partial charge < -0.3 is 10.5 Å². The Morgan fingerprint density at radius 2 is 2.07 bits per heavy atom. The summed E-state index contributed by atoms with van der Waals surface area (Å²) in [5, 5.41) is 3.07. The van der Waals surface area contributed by atoms with E-state index < -0.39 is 6.03 Å². The number of primary amides is 1. The van der Waals surface area contributed by atoms with E-state index in [4.69, 9.17) is 10.5 Å². The Labute approximate surface area is 86.6 Å². The van der Waals surface area contributed by atoms with Gasteiger partial charge in [-0.25, -0.2) is 4.79 Å². The number of anilines is 1. The molecular weight excluding hydrogens is 198 g/mol. The van der Waals surface area contributed by atoms with E-state index in [9.17, 15) is 9.70 Å². The Morgan fingerprint density at radius 3 is 2.47 bits per heavy atom. The van der Waals surface area contributed by atoms with Gasteiger partial charge in [-0.2, -0.15) is 0 Å². The fraction of sp³-hybridized carbons (Fsp3) is 0.222. The Bertz CT molecular complexity index is 350. The molecule has 2 amide bonds. The van der Waals surface area contributed by atoms with Gasteiger partial charge in [-0.1, -0.05) is 0 Å². The summed E-state index contributed by atoms with van der Waals surface area (Å²) in [5.74, 6) is 0.650. The van der Waals surface area contributed by atoms with E-state index in [0.29, 0.717) is 23.1 Å². The molecule has 1 aromatic carbocycles. The molecule has 80 valence electrons. The molecule has 0 radical (unpaired) electrons. The number of hydrogen-bond donors (Lipinski definition) is 1. The largest absolute Gasteiger partial charge is 0.494 e. The van der Waals surface area contributed by atoms with Crippen molar-refractivity contribution in [3.05, 3.63) is 29.2 Å². The molecule has 1 rings (SSSR count). The van der Waals surface area contributed by atoms with Crippen molar-refractivity contribution in [2.45, 2.75) is 6.92 Å². The van der Waals surface area contributed by atoms with Crippen molar-refractivity contribution >= 4 is 11.7 Å². The van der Waals surface area contributed by atoms with Crippen molar-refractivity contribution < 1.29 is 9.53 Å². The number of benzene rings is 1. The smallest absolute Gasteiger partial charge is 0.342 e. The molecule has 0 unspecified atom stereocenters. The monoisotopic (exact) mass is 209 g/mol. The molecule has 6 heteroatoms. The highest BCUT2D eigenvalue weighted by atomic mass is 16.5. The van der Waals surface area contributed by atoms with Gasteiger partial charge in [0.15, 0.2) is 0 Å². The topological polar surface area (TPSA) is 85.0 Å². The Morgan fingerprint density at radius 1 is 1.47 bits per heavy atom. The highest BCUT2D eigenvalue weighted by Crippen LogP contribution is 2.19. The lowest BCUT2D eigenvalue weighted by atomic mass is 10.3. The number of nitrogens with two attached hydrogens (primary N) is 1. The highest BCUT2D eigenvalue weighted by Gasteiger charge is 2.12. The van der Waals surface area contributed by atoms with E-state index in [1.54, 1.807) is 12.1 Å². The molecule has 0 spiro atoms. The third-order valence-corrected chi connectivity index (χ3v) is 1.68. The summed E-state index contributed by atoms with van der Waals surface area (Å²) >= 11 is 0. The van der Waals surface area contributed by atoms with Gasteiger partial charge in [0, 0.05) is 0 Å². The number of amides is 2. The molecule has 2 N–H and O–H groups in total. The van der Waals surface area contributed by atoms with Crippen LogP contribution in [0.1, 0.15) is 6.92 Å². The zero-order valence-corrected chi connectivity index (χ0v) is 8.21. The van der Waals surface area contributed by atoms with Gasteiger partial charge in [-0.05, 0) is 31.2 Å². The molecule has 0 fully saturated rings. The second-order valence-electron chi connectivity index (χ2n) is 2.66. The fourth-order valence-electron chi connectivity index (χ4n) is 1.06. The summed E-state index contributed by atoms with van der Waals surface area (Å²) in [6.45, 7) is 2.40. The average Bonchev–Trinajstić information content (AvgIpc) is 2.21. The van der Waals surface area contributed by atoms with Gasteiger partial charge in [0.25, 0.3) is 0 Å². The number of nitroso groups, excluding NO2 is 1. The van der Waals surface area contributed by atoms with Crippen molar-refractivity contribution in [2.75, 3.05) is 11.6 Å². The van der Waals surface area contributed by atoms with E-state index in [0.717, 1.165) is 0 Å². The molecule has 1 aromatic rings. The molecule has 0 saturated carbocycles. The number of carbonyl (C=O) groups excluding carboxylic acids is 1. The minimum absolute atomic E-state index is 0.306. The van der Waals surface area contributed by atoms with E-state index in [-0.39, 0.29) is 0 Å². The molecule has 15 heavy (non-hydrogen) atoms. The van der Waals surface area contributed by atoms with Crippen molar-refractivity contribution in [3.8, 4) is 5.75 Å². The summed E-state index contributed by atoms with van der Waals surface area (Å²) < 4.78 is 5.19. The lowest BCUT2D eigenvalue weighted by molar-refractivity contribution is 0.254. The number of rotatable bonds is 4. The predicted molar refractivity (Wildman–Crippen MR) is 55.5 cm³/mol. The zero-order valence-electron chi connectivity index (χ0n) is 8.21. The van der Waals surface area contributed by atoms with Crippen LogP contribution in [0.15, 0.2) is 29.6 Å². The van der Waals surface area contributed by atoms with Gasteiger partial charge in [-0.3, -0.25) is 0 Å². The van der Waals surface area contributed by atoms with Gasteiger partial charge in [0.1, 0.15) is 5.75 Å². The van der Waals surface area contributed by atoms with Crippen LogP contribution in [-0.4, -0.2) is 12.6 Å². The molecule has 0 aliphatic heterocycles. The van der Waals surface area contributed by atoms with Crippen LogP contribution >= 0.6 is 0 Å². The van der Waals surface area contributed by atoms with Gasteiger partial charge in [-0.15, -0.1) is 9.92 Å². The van der Waals surface area contributed by atoms with E-state index in [1.807, 2.05) is 6.92 Å². The fourth-order valence-corrected chi connectivity index (χ4v) is 1.06. The number of nitrogens with zero attached hydrogens (tertiary/aromatic N) is 2. The van der Waals surface area contributed by atoms with E-state index in [1.165, 1.54) is 12.1 Å². The third-order valence-electron chi connectivity index (χ3n) is 1.68. The van der Waals surface area contributed by atoms with Crippen LogP contribution in [0.2, 0.25) is 0 Å². The molecule has 0 aliphatic carbocycles. The molecule has 0 saturated heterocycles. The lowest BCUT2D eigenvalue weighted by Crippen LogP contribution is -2.30. The Kier molecular flexibility index (Phi) is 3.61. The van der Waals surface area contributed by atoms with Crippen LogP contribution in [0.4, 0.5) is 10.5 Å². The first-order valence-corrected chi connectivity index (χ1v) is 4.34. The summed E-state index contributed by atoms with van der Waals surface area (Å²) in [5.41, 5.74) is 5.24. The van der Waals surface area contributed by atoms with Crippen LogP contribution in [0, 0.1) is 4.91 Å². The first-order chi connectivity index (χ1) is 7.19. The third kappa shape index (κ3) is 2.67. The van der Waals surface area contributed by atoms with Crippen LogP contribution in [0.3, 0.4) is 0 Å². The summed E-state index contributed by atoms with van der Waals surface area (Å²) in [6.07, 6.45) is 0. The minimum atomic E-state index is -0.922. The van der Waals surface area contributed by atoms with Crippen LogP contribution in [0.5, 0.6) is 5.75 Å². The van der Waals surface area contributed by atoms with E-state index in [2.05, 4.69) is 5.29 Å². The maximum Gasteiger partial charge on any atom is 0.342 e. The van der Waals surface area contributed by atoms with Crippen molar-refractivity contribution in [2.24, 2.45) is 11.0 Å². The summed E-state index contributed by atoms with van der Waals surface area (Å²) in [6, 6.07) is 5.38. The Balaban J connectivity index is 2.86. The maximum absolute atomic E-state index is 10.8. The van der Waals surface area contributed by atoms with Crippen LogP contribution in [-0.2, 0) is 0 Å². The number of hydrogen-bond acceptors (Lipinski definition) is 4. The molecular formula is C9H11N3O3. The molecule has 0 aromatic heterocycles. The quantitative estimate of drug-likeness (QED) is 0.604. The maximum atomic E-state index is 10.8. The predicted octanol–water partition coefficient (Wildman–Crippen LogP) is 1.65. The standard InChI is InChI=1S/C9H11N3O3/c1-2-15-8-5-3-7(4-6-8)12(11-14)9(10)13/h3-6H,2H2,1H3,(H2,10,13). The molecule has 0 heterocycles. The number of ether oxygens (including phenoxy) is 1. The number of carbonyl (C=O) groups is 1. The normalized spacial score (nSPS) is 9.40. The highest BCUT2D eigenvalue weighted by molar-refractivity contribution is 5.89. The summed E-state index contributed by atoms with van der Waals surface area (Å²) in [7, 11) is 0. The van der Waals surface area contributed by atoms with Gasteiger partial charge in [0.05, 0.1) is 17.6 Å². The first-order valence-electron chi connectivity index (χ1n) is 4.34. The molecule has 0 atom stereocenters. The lowest BCUT2D eigenvalue weighted by Gasteiger charge is -2.10. The SMILES string of the molecule is CCOc1ccc(N(N=O)C(N)=O)cc1. The van der Waals surface area contributed by atoms with Crippen LogP contribution in [0.25, 0.3) is 0 Å².